The van der Waals surface area contributed by atoms with E-state index in [1.54, 1.807) is 0 Å². The Kier molecular flexibility index (Phi) is 5.84. The minimum Gasteiger partial charge on any atom is -0.464 e. The molecule has 0 aromatic heterocycles. The van der Waals surface area contributed by atoms with Crippen LogP contribution in [0, 0.1) is 5.92 Å². The van der Waals surface area contributed by atoms with E-state index in [4.69, 9.17) is 4.74 Å². The van der Waals surface area contributed by atoms with Crippen LogP contribution in [-0.2, 0) is 14.3 Å². The lowest BCUT2D eigenvalue weighted by atomic mass is 9.88. The van der Waals surface area contributed by atoms with Crippen molar-refractivity contribution in [2.75, 3.05) is 33.3 Å². The summed E-state index contributed by atoms with van der Waals surface area (Å²) in [4.78, 5) is 29.7. The van der Waals surface area contributed by atoms with Crippen molar-refractivity contribution in [1.82, 2.24) is 9.80 Å². The summed E-state index contributed by atoms with van der Waals surface area (Å²) >= 11 is 0. The number of carbonyl (C=O) groups excluding carboxylic acids is 2. The monoisotopic (exact) mass is 310 g/mol. The molecule has 0 spiro atoms. The number of piperidine rings is 1. The van der Waals surface area contributed by atoms with Gasteiger partial charge in [-0.25, -0.2) is 4.79 Å². The number of rotatable bonds is 5. The van der Waals surface area contributed by atoms with E-state index < -0.39 is 5.54 Å². The van der Waals surface area contributed by atoms with Gasteiger partial charge in [0.1, 0.15) is 5.54 Å². The summed E-state index contributed by atoms with van der Waals surface area (Å²) in [7, 11) is 2.09. The predicted molar refractivity (Wildman–Crippen MR) is 85.4 cm³/mol. The highest BCUT2D eigenvalue weighted by molar-refractivity contribution is 5.89. The lowest BCUT2D eigenvalue weighted by Gasteiger charge is -2.39. The Morgan fingerprint density at radius 2 is 1.86 bits per heavy atom. The van der Waals surface area contributed by atoms with Gasteiger partial charge in [-0.3, -0.25) is 4.79 Å². The van der Waals surface area contributed by atoms with Gasteiger partial charge in [0.2, 0.25) is 5.91 Å². The van der Waals surface area contributed by atoms with Gasteiger partial charge in [0.05, 0.1) is 6.61 Å². The zero-order valence-electron chi connectivity index (χ0n) is 14.3. The van der Waals surface area contributed by atoms with Crippen molar-refractivity contribution >= 4 is 11.9 Å². The van der Waals surface area contributed by atoms with Gasteiger partial charge in [-0.1, -0.05) is 13.3 Å². The van der Waals surface area contributed by atoms with Gasteiger partial charge in [0, 0.05) is 12.5 Å². The smallest absolute Gasteiger partial charge is 0.332 e. The summed E-state index contributed by atoms with van der Waals surface area (Å²) in [6.07, 6.45) is 5.04. The quantitative estimate of drug-likeness (QED) is 0.729. The topological polar surface area (TPSA) is 49.9 Å². The van der Waals surface area contributed by atoms with Crippen LogP contribution in [0.2, 0.25) is 0 Å². The van der Waals surface area contributed by atoms with Crippen LogP contribution in [0.15, 0.2) is 0 Å². The molecular weight excluding hydrogens is 280 g/mol. The molecule has 2 rings (SSSR count). The molecule has 2 aliphatic rings. The number of likely N-dealkylation sites (tertiary alicyclic amines) is 2. The molecule has 0 bridgehead atoms. The minimum atomic E-state index is -0.703. The lowest BCUT2D eigenvalue weighted by molar-refractivity contribution is -0.164. The second-order valence-electron chi connectivity index (χ2n) is 6.67. The van der Waals surface area contributed by atoms with Crippen LogP contribution in [0.5, 0.6) is 0 Å². The van der Waals surface area contributed by atoms with Crippen LogP contribution in [-0.4, -0.2) is 60.5 Å². The highest BCUT2D eigenvalue weighted by atomic mass is 16.5. The molecule has 2 heterocycles. The first kappa shape index (κ1) is 17.3. The van der Waals surface area contributed by atoms with E-state index in [2.05, 4.69) is 18.9 Å². The first-order chi connectivity index (χ1) is 10.5. The van der Waals surface area contributed by atoms with Crippen molar-refractivity contribution in [3.63, 3.8) is 0 Å². The summed E-state index contributed by atoms with van der Waals surface area (Å²) in [6.45, 7) is 6.90. The standard InChI is InChI=1S/C17H30N2O3/c1-4-9-17(16(21)22-5-2)10-6-11-19(17)15(20)14-7-12-18(3)13-8-14/h14H,4-13H2,1-3H3. The molecule has 2 aliphatic heterocycles. The second-order valence-corrected chi connectivity index (χ2v) is 6.67. The third-order valence-electron chi connectivity index (χ3n) is 5.14. The molecule has 0 radical (unpaired) electrons. The van der Waals surface area contributed by atoms with Gasteiger partial charge in [-0.2, -0.15) is 0 Å². The van der Waals surface area contributed by atoms with E-state index >= 15 is 0 Å². The van der Waals surface area contributed by atoms with Gasteiger partial charge in [0.15, 0.2) is 0 Å². The fraction of sp³-hybridized carbons (Fsp3) is 0.882. The van der Waals surface area contributed by atoms with Crippen LogP contribution in [0.3, 0.4) is 0 Å². The summed E-state index contributed by atoms with van der Waals surface area (Å²) < 4.78 is 5.33. The predicted octanol–water partition coefficient (Wildman–Crippen LogP) is 2.05. The summed E-state index contributed by atoms with van der Waals surface area (Å²) in [5, 5.41) is 0. The molecule has 1 unspecified atom stereocenters. The maximum absolute atomic E-state index is 13.0. The third-order valence-corrected chi connectivity index (χ3v) is 5.14. The van der Waals surface area contributed by atoms with Crippen molar-refractivity contribution in [2.45, 2.75) is 57.9 Å². The molecule has 5 heteroatoms. The molecule has 0 N–H and O–H groups in total. The molecule has 2 saturated heterocycles. The Morgan fingerprint density at radius 1 is 1.18 bits per heavy atom. The molecule has 2 fully saturated rings. The zero-order chi connectivity index (χ0) is 16.2. The van der Waals surface area contributed by atoms with Gasteiger partial charge in [-0.05, 0) is 59.2 Å². The highest BCUT2D eigenvalue weighted by Gasteiger charge is 2.51. The summed E-state index contributed by atoms with van der Waals surface area (Å²) in [5.74, 6) is 0.0442. The summed E-state index contributed by atoms with van der Waals surface area (Å²) in [5.41, 5.74) is -0.703. The average Bonchev–Trinajstić information content (AvgIpc) is 2.93. The summed E-state index contributed by atoms with van der Waals surface area (Å²) in [6, 6.07) is 0. The highest BCUT2D eigenvalue weighted by Crippen LogP contribution is 2.37. The fourth-order valence-electron chi connectivity index (χ4n) is 3.93. The normalized spacial score (nSPS) is 27.1. The molecule has 126 valence electrons. The molecular formula is C17H30N2O3. The number of hydrogen-bond acceptors (Lipinski definition) is 4. The number of esters is 1. The largest absolute Gasteiger partial charge is 0.464 e. The van der Waals surface area contributed by atoms with Gasteiger partial charge in [0.25, 0.3) is 0 Å². The Bertz CT molecular complexity index is 405. The van der Waals surface area contributed by atoms with Crippen LogP contribution in [0.25, 0.3) is 0 Å². The Hall–Kier alpha value is -1.10. The van der Waals surface area contributed by atoms with Crippen molar-refractivity contribution in [3.8, 4) is 0 Å². The Balaban J connectivity index is 2.15. The number of carbonyl (C=O) groups is 2. The van der Waals surface area contributed by atoms with Gasteiger partial charge in [-0.15, -0.1) is 0 Å². The van der Waals surface area contributed by atoms with Gasteiger partial charge < -0.3 is 14.5 Å². The third kappa shape index (κ3) is 3.29. The molecule has 5 nitrogen and oxygen atoms in total. The molecule has 1 atom stereocenters. The van der Waals surface area contributed by atoms with Crippen molar-refractivity contribution in [3.05, 3.63) is 0 Å². The second kappa shape index (κ2) is 7.44. The SMILES string of the molecule is CCCC1(C(=O)OCC)CCCN1C(=O)C1CCN(C)CC1. The molecule has 22 heavy (non-hydrogen) atoms. The molecule has 0 saturated carbocycles. The van der Waals surface area contributed by atoms with E-state index in [1.807, 2.05) is 11.8 Å². The first-order valence-corrected chi connectivity index (χ1v) is 8.72. The average molecular weight is 310 g/mol. The van der Waals surface area contributed by atoms with E-state index in [0.29, 0.717) is 19.6 Å². The number of hydrogen-bond donors (Lipinski definition) is 0. The van der Waals surface area contributed by atoms with Crippen LogP contribution in [0.1, 0.15) is 52.4 Å². The van der Waals surface area contributed by atoms with E-state index in [-0.39, 0.29) is 17.8 Å². The fourth-order valence-corrected chi connectivity index (χ4v) is 3.93. The maximum atomic E-state index is 13.0. The van der Waals surface area contributed by atoms with Crippen molar-refractivity contribution < 1.29 is 14.3 Å². The Labute approximate surface area is 134 Å². The van der Waals surface area contributed by atoms with E-state index in [0.717, 1.165) is 45.2 Å². The molecule has 0 aromatic rings. The van der Waals surface area contributed by atoms with Crippen molar-refractivity contribution in [1.29, 1.82) is 0 Å². The first-order valence-electron chi connectivity index (χ1n) is 8.72. The van der Waals surface area contributed by atoms with Crippen LogP contribution < -0.4 is 0 Å². The lowest BCUT2D eigenvalue weighted by Crippen LogP contribution is -2.56. The number of ether oxygens (including phenoxy) is 1. The molecule has 0 aromatic carbocycles. The molecule has 0 aliphatic carbocycles. The zero-order valence-corrected chi connectivity index (χ0v) is 14.3. The van der Waals surface area contributed by atoms with E-state index in [9.17, 15) is 9.59 Å². The Morgan fingerprint density at radius 3 is 2.45 bits per heavy atom. The number of nitrogens with zero attached hydrogens (tertiary/aromatic N) is 2. The number of amides is 1. The minimum absolute atomic E-state index is 0.0694. The maximum Gasteiger partial charge on any atom is 0.332 e. The van der Waals surface area contributed by atoms with Gasteiger partial charge >= 0.3 is 5.97 Å². The van der Waals surface area contributed by atoms with Crippen molar-refractivity contribution in [2.24, 2.45) is 5.92 Å². The van der Waals surface area contributed by atoms with E-state index in [1.165, 1.54) is 0 Å². The van der Waals surface area contributed by atoms with Crippen LogP contribution >= 0.6 is 0 Å². The van der Waals surface area contributed by atoms with Crippen LogP contribution in [0.4, 0.5) is 0 Å². The molecule has 1 amide bonds.